The predicted molar refractivity (Wildman–Crippen MR) is 79.2 cm³/mol. The van der Waals surface area contributed by atoms with Crippen molar-refractivity contribution in [3.63, 3.8) is 0 Å². The smallest absolute Gasteiger partial charge is 0.161 e. The van der Waals surface area contributed by atoms with E-state index < -0.39 is 0 Å². The Balaban J connectivity index is 2.73. The molecule has 0 unspecified atom stereocenters. The number of fused-ring (bicyclic) bond motifs is 1. The monoisotopic (exact) mass is 408 g/mol. The van der Waals surface area contributed by atoms with Crippen LogP contribution in [0.25, 0.3) is 10.9 Å². The van der Waals surface area contributed by atoms with Crippen molar-refractivity contribution < 1.29 is 0 Å². The Hall–Kier alpha value is 0.160. The maximum atomic E-state index is 3.70. The van der Waals surface area contributed by atoms with Crippen molar-refractivity contribution in [3.8, 4) is 0 Å². The maximum absolute atomic E-state index is 3.70. The van der Waals surface area contributed by atoms with Gasteiger partial charge in [0.25, 0.3) is 0 Å². The predicted octanol–water partition coefficient (Wildman–Crippen LogP) is 4.39. The first-order chi connectivity index (χ1) is 7.44. The molecule has 0 amide bonds. The number of aromatic amines is 1. The van der Waals surface area contributed by atoms with Gasteiger partial charge in [-0.2, -0.15) is 0 Å². The van der Waals surface area contributed by atoms with Gasteiger partial charge in [0, 0.05) is 16.5 Å². The van der Waals surface area contributed by atoms with Crippen molar-refractivity contribution in [1.82, 2.24) is 9.88 Å². The van der Waals surface area contributed by atoms with E-state index in [1.165, 1.54) is 5.39 Å². The molecule has 2 aromatic rings. The van der Waals surface area contributed by atoms with Crippen LogP contribution in [-0.2, 0) is 3.36 Å². The molecule has 1 aromatic heterocycles. The third-order valence-electron chi connectivity index (χ3n) is 2.52. The molecule has 16 heavy (non-hydrogen) atoms. The molecule has 0 saturated carbocycles. The fourth-order valence-corrected chi connectivity index (χ4v) is 3.70. The Morgan fingerprint density at radius 3 is 2.44 bits per heavy atom. The van der Waals surface area contributed by atoms with Crippen LogP contribution >= 0.6 is 47.8 Å². The summed E-state index contributed by atoms with van der Waals surface area (Å²) in [4.78, 5) is 5.38. The molecular formula is C11H11Br3N2. The van der Waals surface area contributed by atoms with Gasteiger partial charge in [-0.3, -0.25) is 4.90 Å². The summed E-state index contributed by atoms with van der Waals surface area (Å²) in [6, 6.07) is 8.23. The second-order valence-electron chi connectivity index (χ2n) is 3.80. The molecule has 2 rings (SSSR count). The minimum Gasteiger partial charge on any atom is -0.349 e. The summed E-state index contributed by atoms with van der Waals surface area (Å²) in [5.41, 5.74) is 2.27. The van der Waals surface area contributed by atoms with E-state index in [0.29, 0.717) is 0 Å². The highest BCUT2D eigenvalue weighted by Gasteiger charge is 2.33. The third kappa shape index (κ3) is 1.98. The molecule has 1 N–H and O–H groups in total. The molecule has 0 bridgehead atoms. The van der Waals surface area contributed by atoms with E-state index in [9.17, 15) is 0 Å². The minimum atomic E-state index is -0.377. The number of rotatable bonds is 2. The number of nitrogens with one attached hydrogen (secondary N) is 1. The summed E-state index contributed by atoms with van der Waals surface area (Å²) in [6.07, 6.45) is 0. The van der Waals surface area contributed by atoms with E-state index >= 15 is 0 Å². The molecule has 1 aromatic carbocycles. The Labute approximate surface area is 120 Å². The normalized spacial score (nSPS) is 12.6. The fourth-order valence-electron chi connectivity index (χ4n) is 1.63. The van der Waals surface area contributed by atoms with Crippen LogP contribution < -0.4 is 0 Å². The number of hydrogen-bond acceptors (Lipinski definition) is 1. The van der Waals surface area contributed by atoms with Gasteiger partial charge in [0.2, 0.25) is 0 Å². The van der Waals surface area contributed by atoms with Gasteiger partial charge in [0.05, 0.1) is 4.60 Å². The van der Waals surface area contributed by atoms with Gasteiger partial charge < -0.3 is 4.98 Å². The van der Waals surface area contributed by atoms with Gasteiger partial charge in [-0.15, -0.1) is 0 Å². The van der Waals surface area contributed by atoms with Crippen molar-refractivity contribution in [2.24, 2.45) is 0 Å². The number of benzene rings is 1. The van der Waals surface area contributed by atoms with Gasteiger partial charge in [-0.25, -0.2) is 0 Å². The molecule has 2 nitrogen and oxygen atoms in total. The molecule has 1 heterocycles. The molecule has 0 radical (unpaired) electrons. The fraction of sp³-hybridized carbons (Fsp3) is 0.273. The molecule has 0 saturated heterocycles. The number of halogens is 3. The lowest BCUT2D eigenvalue weighted by atomic mass is 10.2. The maximum Gasteiger partial charge on any atom is 0.161 e. The van der Waals surface area contributed by atoms with Crippen LogP contribution in [0.3, 0.4) is 0 Å². The van der Waals surface area contributed by atoms with Crippen LogP contribution in [0.1, 0.15) is 5.56 Å². The molecule has 0 spiro atoms. The number of H-pyrrole nitrogens is 1. The van der Waals surface area contributed by atoms with Crippen molar-refractivity contribution in [1.29, 1.82) is 0 Å². The molecule has 0 atom stereocenters. The molecule has 0 aliphatic rings. The van der Waals surface area contributed by atoms with Crippen molar-refractivity contribution >= 4 is 58.7 Å². The topological polar surface area (TPSA) is 19.0 Å². The van der Waals surface area contributed by atoms with Gasteiger partial charge >= 0.3 is 0 Å². The van der Waals surface area contributed by atoms with Crippen molar-refractivity contribution in [2.45, 2.75) is 3.36 Å². The van der Waals surface area contributed by atoms with Crippen LogP contribution in [-0.4, -0.2) is 24.0 Å². The average Bonchev–Trinajstić information content (AvgIpc) is 2.53. The van der Waals surface area contributed by atoms with Crippen LogP contribution in [0.2, 0.25) is 0 Å². The lowest BCUT2D eigenvalue weighted by Gasteiger charge is -2.28. The van der Waals surface area contributed by atoms with Crippen LogP contribution in [0, 0.1) is 0 Å². The zero-order valence-corrected chi connectivity index (χ0v) is 13.6. The van der Waals surface area contributed by atoms with Crippen molar-refractivity contribution in [2.75, 3.05) is 14.1 Å². The van der Waals surface area contributed by atoms with Crippen LogP contribution in [0.15, 0.2) is 28.9 Å². The average molecular weight is 411 g/mol. The van der Waals surface area contributed by atoms with Gasteiger partial charge in [-0.05, 0) is 68.0 Å². The lowest BCUT2D eigenvalue weighted by Crippen LogP contribution is -2.29. The number of para-hydroxylation sites is 1. The quantitative estimate of drug-likeness (QED) is 0.574. The zero-order valence-electron chi connectivity index (χ0n) is 8.89. The summed E-state index contributed by atoms with van der Waals surface area (Å²) in [5, 5.41) is 1.19. The lowest BCUT2D eigenvalue weighted by molar-refractivity contribution is 0.373. The Bertz CT molecular complexity index is 517. The van der Waals surface area contributed by atoms with Gasteiger partial charge in [0.15, 0.2) is 3.36 Å². The van der Waals surface area contributed by atoms with Gasteiger partial charge in [-0.1, -0.05) is 18.2 Å². The van der Waals surface area contributed by atoms with E-state index in [-0.39, 0.29) is 3.36 Å². The Morgan fingerprint density at radius 2 is 1.81 bits per heavy atom. The molecule has 5 heteroatoms. The summed E-state index contributed by atoms with van der Waals surface area (Å²) in [7, 11) is 4.02. The molecule has 86 valence electrons. The molecule has 0 aliphatic carbocycles. The number of nitrogens with zero attached hydrogens (tertiary/aromatic N) is 1. The summed E-state index contributed by atoms with van der Waals surface area (Å²) >= 11 is 11.0. The SMILES string of the molecule is CN(C)C(Br)(Br)c1c(Br)[nH]c2ccccc12. The second-order valence-corrected chi connectivity index (χ2v) is 7.95. The summed E-state index contributed by atoms with van der Waals surface area (Å²) < 4.78 is 0.606. The highest BCUT2D eigenvalue weighted by atomic mass is 79.9. The minimum absolute atomic E-state index is 0.377. The highest BCUT2D eigenvalue weighted by molar-refractivity contribution is 9.24. The van der Waals surface area contributed by atoms with E-state index in [2.05, 4.69) is 69.8 Å². The highest BCUT2D eigenvalue weighted by Crippen LogP contribution is 2.46. The molecular weight excluding hydrogens is 400 g/mol. The Kier molecular flexibility index (Phi) is 3.50. The Morgan fingerprint density at radius 1 is 1.19 bits per heavy atom. The van der Waals surface area contributed by atoms with E-state index in [0.717, 1.165) is 15.7 Å². The van der Waals surface area contributed by atoms with Crippen molar-refractivity contribution in [3.05, 3.63) is 34.4 Å². The first kappa shape index (κ1) is 12.6. The first-order valence-electron chi connectivity index (χ1n) is 4.76. The molecule has 0 fully saturated rings. The van der Waals surface area contributed by atoms with Crippen LogP contribution in [0.5, 0.6) is 0 Å². The van der Waals surface area contributed by atoms with Gasteiger partial charge in [0.1, 0.15) is 0 Å². The van der Waals surface area contributed by atoms with Crippen LogP contribution in [0.4, 0.5) is 0 Å². The molecule has 0 aliphatic heterocycles. The summed E-state index contributed by atoms with van der Waals surface area (Å²) in [6.45, 7) is 0. The first-order valence-corrected chi connectivity index (χ1v) is 7.14. The number of aromatic nitrogens is 1. The van der Waals surface area contributed by atoms with E-state index in [1.54, 1.807) is 0 Å². The second kappa shape index (κ2) is 4.44. The summed E-state index contributed by atoms with van der Waals surface area (Å²) in [5.74, 6) is 0. The van der Waals surface area contributed by atoms with E-state index in [4.69, 9.17) is 0 Å². The van der Waals surface area contributed by atoms with E-state index in [1.807, 2.05) is 26.2 Å². The standard InChI is InChI=1S/C11H11Br3N2/c1-16(2)11(13,14)9-7-5-3-4-6-8(7)15-10(9)12/h3-6,15H,1-2H3. The zero-order chi connectivity index (χ0) is 11.9. The third-order valence-corrected chi connectivity index (χ3v) is 5.33. The number of hydrogen-bond donors (Lipinski definition) is 1. The number of alkyl halides is 2. The largest absolute Gasteiger partial charge is 0.349 e.